The van der Waals surface area contributed by atoms with E-state index in [0.29, 0.717) is 12.0 Å². The molecule has 0 radical (unpaired) electrons. The summed E-state index contributed by atoms with van der Waals surface area (Å²) in [6, 6.07) is 2.78. The van der Waals surface area contributed by atoms with Gasteiger partial charge in [-0.3, -0.25) is 4.98 Å². The van der Waals surface area contributed by atoms with Crippen LogP contribution in [-0.4, -0.2) is 23.3 Å². The molecule has 0 fully saturated rings. The van der Waals surface area contributed by atoms with Crippen LogP contribution in [0.1, 0.15) is 30.1 Å². The number of hydrogen-bond donors (Lipinski definition) is 1. The lowest BCUT2D eigenvalue weighted by molar-refractivity contribution is -0.112. The van der Waals surface area contributed by atoms with E-state index < -0.39 is 12.0 Å². The number of aromatic nitrogens is 1. The first kappa shape index (κ1) is 12.3. The Morgan fingerprint density at radius 3 is 3.06 bits per heavy atom. The summed E-state index contributed by atoms with van der Waals surface area (Å²) in [5.74, 6) is -0.545. The van der Waals surface area contributed by atoms with Crippen molar-refractivity contribution in [3.8, 4) is 0 Å². The van der Waals surface area contributed by atoms with Crippen LogP contribution in [-0.2, 0) is 9.63 Å². The first-order valence-corrected chi connectivity index (χ1v) is 5.10. The van der Waals surface area contributed by atoms with Crippen LogP contribution in [0.25, 0.3) is 0 Å². The zero-order valence-corrected chi connectivity index (χ0v) is 9.05. The number of nitrogens with zero attached hydrogens (tertiary/aromatic N) is 1. The van der Waals surface area contributed by atoms with E-state index in [4.69, 9.17) is 4.84 Å². The van der Waals surface area contributed by atoms with Gasteiger partial charge in [0.1, 0.15) is 6.29 Å². The molecule has 1 N–H and O–H groups in total. The lowest BCUT2D eigenvalue weighted by Crippen LogP contribution is -2.32. The first-order chi connectivity index (χ1) is 7.77. The van der Waals surface area contributed by atoms with E-state index in [-0.39, 0.29) is 0 Å². The molecule has 86 valence electrons. The second-order valence-electron chi connectivity index (χ2n) is 3.28. The first-order valence-electron chi connectivity index (χ1n) is 5.10. The van der Waals surface area contributed by atoms with E-state index >= 15 is 0 Å². The number of carbonyl (C=O) groups is 2. The molecule has 0 spiro atoms. The quantitative estimate of drug-likeness (QED) is 0.576. The summed E-state index contributed by atoms with van der Waals surface area (Å²) >= 11 is 0. The Hall–Kier alpha value is -1.75. The monoisotopic (exact) mass is 222 g/mol. The van der Waals surface area contributed by atoms with Crippen molar-refractivity contribution in [2.75, 3.05) is 0 Å². The molecule has 0 aliphatic rings. The molecule has 5 heteroatoms. The van der Waals surface area contributed by atoms with Gasteiger partial charge in [0, 0.05) is 12.4 Å². The summed E-state index contributed by atoms with van der Waals surface area (Å²) < 4.78 is 0. The Labute approximate surface area is 93.8 Å². The molecule has 0 saturated carbocycles. The van der Waals surface area contributed by atoms with E-state index in [0.717, 1.165) is 12.7 Å². The van der Waals surface area contributed by atoms with Crippen molar-refractivity contribution in [3.63, 3.8) is 0 Å². The maximum atomic E-state index is 11.4. The Bertz CT molecular complexity index is 340. The lowest BCUT2D eigenvalue weighted by Gasteiger charge is -2.10. The normalized spacial score (nSPS) is 11.8. The molecular formula is C11H14N2O3. The maximum Gasteiger partial charge on any atom is 0.358 e. The predicted molar refractivity (Wildman–Crippen MR) is 57.5 cm³/mol. The smallest absolute Gasteiger partial charge is 0.358 e. The summed E-state index contributed by atoms with van der Waals surface area (Å²) in [5, 5.41) is 0. The zero-order chi connectivity index (χ0) is 11.8. The molecule has 1 unspecified atom stereocenters. The van der Waals surface area contributed by atoms with Crippen LogP contribution in [0, 0.1) is 0 Å². The summed E-state index contributed by atoms with van der Waals surface area (Å²) in [6.45, 7) is 1.95. The SMILES string of the molecule is CCCC(C=O)NOC(=O)c1cccnc1. The summed E-state index contributed by atoms with van der Waals surface area (Å²) in [6.07, 6.45) is 5.15. The maximum absolute atomic E-state index is 11.4. The fourth-order valence-corrected chi connectivity index (χ4v) is 1.14. The highest BCUT2D eigenvalue weighted by atomic mass is 16.7. The van der Waals surface area contributed by atoms with E-state index in [1.807, 2.05) is 6.92 Å². The minimum Gasteiger partial charge on any atom is -0.366 e. The third kappa shape index (κ3) is 3.78. The van der Waals surface area contributed by atoms with Crippen molar-refractivity contribution in [2.45, 2.75) is 25.8 Å². The minimum absolute atomic E-state index is 0.344. The van der Waals surface area contributed by atoms with Gasteiger partial charge in [0.2, 0.25) is 0 Å². The number of aldehydes is 1. The number of carbonyl (C=O) groups excluding carboxylic acids is 2. The van der Waals surface area contributed by atoms with Crippen LogP contribution in [0.4, 0.5) is 0 Å². The van der Waals surface area contributed by atoms with Crippen molar-refractivity contribution >= 4 is 12.3 Å². The number of pyridine rings is 1. The van der Waals surface area contributed by atoms with E-state index in [2.05, 4.69) is 10.5 Å². The molecule has 1 aromatic heterocycles. The molecule has 1 heterocycles. The van der Waals surface area contributed by atoms with Crippen molar-refractivity contribution in [1.29, 1.82) is 0 Å². The molecule has 0 bridgehead atoms. The lowest BCUT2D eigenvalue weighted by atomic mass is 10.2. The Morgan fingerprint density at radius 1 is 1.69 bits per heavy atom. The van der Waals surface area contributed by atoms with Crippen LogP contribution in [0.15, 0.2) is 24.5 Å². The van der Waals surface area contributed by atoms with Gasteiger partial charge >= 0.3 is 5.97 Å². The zero-order valence-electron chi connectivity index (χ0n) is 9.05. The highest BCUT2D eigenvalue weighted by molar-refractivity contribution is 5.88. The molecule has 0 aliphatic heterocycles. The Morgan fingerprint density at radius 2 is 2.50 bits per heavy atom. The molecular weight excluding hydrogens is 208 g/mol. The van der Waals surface area contributed by atoms with Gasteiger partial charge in [-0.1, -0.05) is 13.3 Å². The summed E-state index contributed by atoms with van der Waals surface area (Å²) in [7, 11) is 0. The van der Waals surface area contributed by atoms with Gasteiger partial charge in [0.05, 0.1) is 11.6 Å². The molecule has 1 aromatic rings. The third-order valence-corrected chi connectivity index (χ3v) is 1.96. The van der Waals surface area contributed by atoms with Gasteiger partial charge in [-0.2, -0.15) is 0 Å². The summed E-state index contributed by atoms with van der Waals surface area (Å²) in [4.78, 5) is 30.6. The standard InChI is InChI=1S/C11H14N2O3/c1-2-4-10(8-14)13-16-11(15)9-5-3-6-12-7-9/h3,5-8,10,13H,2,4H2,1H3. The van der Waals surface area contributed by atoms with Gasteiger partial charge < -0.3 is 9.63 Å². The average Bonchev–Trinajstić information content (AvgIpc) is 2.35. The van der Waals surface area contributed by atoms with Gasteiger partial charge in [-0.25, -0.2) is 4.79 Å². The van der Waals surface area contributed by atoms with Gasteiger partial charge in [0.25, 0.3) is 0 Å². The minimum atomic E-state index is -0.545. The average molecular weight is 222 g/mol. The molecule has 16 heavy (non-hydrogen) atoms. The van der Waals surface area contributed by atoms with Gasteiger partial charge in [0.15, 0.2) is 0 Å². The second kappa shape index (κ2) is 6.68. The van der Waals surface area contributed by atoms with Gasteiger partial charge in [-0.05, 0) is 18.6 Å². The highest BCUT2D eigenvalue weighted by Gasteiger charge is 2.11. The molecule has 0 saturated heterocycles. The molecule has 1 rings (SSSR count). The number of rotatable bonds is 6. The number of hydrogen-bond acceptors (Lipinski definition) is 5. The molecule has 0 amide bonds. The summed E-state index contributed by atoms with van der Waals surface area (Å²) in [5.41, 5.74) is 2.77. The van der Waals surface area contributed by atoms with Crippen LogP contribution >= 0.6 is 0 Å². The van der Waals surface area contributed by atoms with Crippen molar-refractivity contribution in [1.82, 2.24) is 10.5 Å². The van der Waals surface area contributed by atoms with Crippen LogP contribution in [0.3, 0.4) is 0 Å². The largest absolute Gasteiger partial charge is 0.366 e. The fraction of sp³-hybridized carbons (Fsp3) is 0.364. The van der Waals surface area contributed by atoms with E-state index in [9.17, 15) is 9.59 Å². The number of hydroxylamine groups is 1. The van der Waals surface area contributed by atoms with Crippen molar-refractivity contribution in [2.24, 2.45) is 0 Å². The van der Waals surface area contributed by atoms with Crippen LogP contribution < -0.4 is 5.48 Å². The fourth-order valence-electron chi connectivity index (χ4n) is 1.14. The van der Waals surface area contributed by atoms with Crippen molar-refractivity contribution in [3.05, 3.63) is 30.1 Å². The van der Waals surface area contributed by atoms with Gasteiger partial charge in [-0.15, -0.1) is 5.48 Å². The highest BCUT2D eigenvalue weighted by Crippen LogP contribution is 1.99. The Balaban J connectivity index is 2.43. The molecule has 0 aromatic carbocycles. The van der Waals surface area contributed by atoms with E-state index in [1.54, 1.807) is 18.3 Å². The molecule has 0 aliphatic carbocycles. The Kier molecular flexibility index (Phi) is 5.15. The topological polar surface area (TPSA) is 68.3 Å². The third-order valence-electron chi connectivity index (χ3n) is 1.96. The predicted octanol–water partition coefficient (Wildman–Crippen LogP) is 1.11. The van der Waals surface area contributed by atoms with Crippen LogP contribution in [0.5, 0.6) is 0 Å². The van der Waals surface area contributed by atoms with Crippen molar-refractivity contribution < 1.29 is 14.4 Å². The molecule has 1 atom stereocenters. The second-order valence-corrected chi connectivity index (χ2v) is 3.28. The van der Waals surface area contributed by atoms with Crippen LogP contribution in [0.2, 0.25) is 0 Å². The number of nitrogens with one attached hydrogen (secondary N) is 1. The molecule has 5 nitrogen and oxygen atoms in total. The van der Waals surface area contributed by atoms with E-state index in [1.165, 1.54) is 6.20 Å².